The summed E-state index contributed by atoms with van der Waals surface area (Å²) in [5.74, 6) is 1.39. The highest BCUT2D eigenvalue weighted by Crippen LogP contribution is 2.21. The highest BCUT2D eigenvalue weighted by molar-refractivity contribution is 5.73. The van der Waals surface area contributed by atoms with Crippen molar-refractivity contribution in [2.45, 2.75) is 13.3 Å². The van der Waals surface area contributed by atoms with Crippen LogP contribution in [0.3, 0.4) is 0 Å². The van der Waals surface area contributed by atoms with Gasteiger partial charge in [0.25, 0.3) is 0 Å². The van der Waals surface area contributed by atoms with Crippen molar-refractivity contribution in [3.63, 3.8) is 0 Å². The minimum atomic E-state index is 0.123. The number of imidazole rings is 1. The summed E-state index contributed by atoms with van der Waals surface area (Å²) in [5.41, 5.74) is 6.66. The second-order valence-electron chi connectivity index (χ2n) is 4.99. The number of amides is 1. The number of carbonyl (C=O) groups excluding carboxylic acids is 1. The Morgan fingerprint density at radius 2 is 2.15 bits per heavy atom. The molecule has 0 aromatic carbocycles. The van der Waals surface area contributed by atoms with Crippen molar-refractivity contribution in [3.05, 3.63) is 18.6 Å². The Kier molecular flexibility index (Phi) is 3.17. The lowest BCUT2D eigenvalue weighted by atomic mass is 10.3. The summed E-state index contributed by atoms with van der Waals surface area (Å²) in [5, 5.41) is 0. The van der Waals surface area contributed by atoms with Crippen molar-refractivity contribution < 1.29 is 4.79 Å². The zero-order chi connectivity index (χ0) is 14.1. The number of hydrogen-bond donors (Lipinski definition) is 1. The average molecular weight is 274 g/mol. The molecule has 0 bridgehead atoms. The van der Waals surface area contributed by atoms with Gasteiger partial charge in [0.15, 0.2) is 11.5 Å². The molecule has 0 radical (unpaired) electrons. The summed E-state index contributed by atoms with van der Waals surface area (Å²) in [7, 11) is 0. The average Bonchev–Trinajstić information content (AvgIpc) is 2.73. The lowest BCUT2D eigenvalue weighted by Crippen LogP contribution is -2.34. The summed E-state index contributed by atoms with van der Waals surface area (Å²) >= 11 is 0. The Labute approximate surface area is 117 Å². The van der Waals surface area contributed by atoms with Gasteiger partial charge in [-0.2, -0.15) is 0 Å². The van der Waals surface area contributed by atoms with Crippen LogP contribution < -0.4 is 10.6 Å². The molecule has 20 heavy (non-hydrogen) atoms. The Bertz CT molecular complexity index is 637. The van der Waals surface area contributed by atoms with Crippen LogP contribution in [0.15, 0.2) is 18.6 Å². The zero-order valence-electron chi connectivity index (χ0n) is 11.5. The Balaban J connectivity index is 1.91. The van der Waals surface area contributed by atoms with Gasteiger partial charge in [0.05, 0.1) is 6.20 Å². The van der Waals surface area contributed by atoms with Crippen LogP contribution in [0, 0.1) is 0 Å². The normalized spacial score (nSPS) is 16.4. The van der Waals surface area contributed by atoms with E-state index < -0.39 is 0 Å². The summed E-state index contributed by atoms with van der Waals surface area (Å²) in [4.78, 5) is 24.3. The third kappa shape index (κ3) is 2.26. The maximum Gasteiger partial charge on any atom is 0.219 e. The molecule has 2 N–H and O–H groups in total. The molecule has 1 fully saturated rings. The highest BCUT2D eigenvalue weighted by Gasteiger charge is 2.20. The molecule has 0 unspecified atom stereocenters. The van der Waals surface area contributed by atoms with Crippen molar-refractivity contribution in [1.29, 1.82) is 0 Å². The third-order valence-electron chi connectivity index (χ3n) is 3.62. The molecule has 3 heterocycles. The number of aromatic nitrogens is 3. The van der Waals surface area contributed by atoms with E-state index in [1.807, 2.05) is 15.5 Å². The molecule has 106 valence electrons. The van der Waals surface area contributed by atoms with Gasteiger partial charge in [-0.1, -0.05) is 0 Å². The lowest BCUT2D eigenvalue weighted by Gasteiger charge is -2.22. The number of fused-ring (bicyclic) bond motifs is 1. The van der Waals surface area contributed by atoms with E-state index in [1.54, 1.807) is 19.3 Å². The maximum atomic E-state index is 11.5. The van der Waals surface area contributed by atoms with E-state index in [9.17, 15) is 4.79 Å². The van der Waals surface area contributed by atoms with E-state index in [1.165, 1.54) is 0 Å². The van der Waals surface area contributed by atoms with Gasteiger partial charge >= 0.3 is 0 Å². The molecule has 0 saturated carbocycles. The standard InChI is InChI=1S/C13H18N6O/c1-10(20)17-4-2-5-18(8-7-17)13-12-15-3-6-19(12)9-11(14)16-13/h3,6,9H,2,4-5,7-8,14H2,1H3. The molecule has 7 nitrogen and oxygen atoms in total. The second-order valence-corrected chi connectivity index (χ2v) is 4.99. The SMILES string of the molecule is CC(=O)N1CCCN(c2nc(N)cn3ccnc23)CC1. The van der Waals surface area contributed by atoms with E-state index in [0.717, 1.165) is 37.5 Å². The Hall–Kier alpha value is -2.31. The number of nitrogens with zero attached hydrogens (tertiary/aromatic N) is 5. The van der Waals surface area contributed by atoms with Gasteiger partial charge in [0.2, 0.25) is 5.91 Å². The Morgan fingerprint density at radius 3 is 2.95 bits per heavy atom. The molecule has 1 aliphatic rings. The van der Waals surface area contributed by atoms with E-state index in [-0.39, 0.29) is 5.91 Å². The summed E-state index contributed by atoms with van der Waals surface area (Å²) in [6.07, 6.45) is 6.27. The second kappa shape index (κ2) is 4.99. The number of carbonyl (C=O) groups is 1. The number of rotatable bonds is 1. The molecule has 2 aromatic heterocycles. The fourth-order valence-electron chi connectivity index (χ4n) is 2.59. The predicted octanol–water partition coefficient (Wildman–Crippen LogP) is 0.370. The molecule has 1 amide bonds. The predicted molar refractivity (Wildman–Crippen MR) is 76.5 cm³/mol. The monoisotopic (exact) mass is 274 g/mol. The molecule has 7 heteroatoms. The van der Waals surface area contributed by atoms with Crippen molar-refractivity contribution in [3.8, 4) is 0 Å². The molecule has 0 aliphatic carbocycles. The van der Waals surface area contributed by atoms with Crippen LogP contribution in [-0.4, -0.2) is 51.4 Å². The molecular weight excluding hydrogens is 256 g/mol. The summed E-state index contributed by atoms with van der Waals surface area (Å²) < 4.78 is 1.88. The highest BCUT2D eigenvalue weighted by atomic mass is 16.2. The smallest absolute Gasteiger partial charge is 0.219 e. The van der Waals surface area contributed by atoms with Crippen molar-refractivity contribution in [1.82, 2.24) is 19.3 Å². The number of hydrogen-bond acceptors (Lipinski definition) is 5. The van der Waals surface area contributed by atoms with E-state index in [0.29, 0.717) is 12.4 Å². The quantitative estimate of drug-likeness (QED) is 0.812. The van der Waals surface area contributed by atoms with Crippen LogP contribution in [-0.2, 0) is 4.79 Å². The number of nitrogens with two attached hydrogens (primary N) is 1. The molecule has 1 saturated heterocycles. The molecule has 0 atom stereocenters. The van der Waals surface area contributed by atoms with Crippen molar-refractivity contribution in [2.75, 3.05) is 36.8 Å². The summed E-state index contributed by atoms with van der Waals surface area (Å²) in [6, 6.07) is 0. The Morgan fingerprint density at radius 1 is 1.30 bits per heavy atom. The van der Waals surface area contributed by atoms with E-state index in [2.05, 4.69) is 14.9 Å². The van der Waals surface area contributed by atoms with Gasteiger partial charge in [-0.05, 0) is 6.42 Å². The molecule has 1 aliphatic heterocycles. The summed E-state index contributed by atoms with van der Waals surface area (Å²) in [6.45, 7) is 4.71. The van der Waals surface area contributed by atoms with E-state index >= 15 is 0 Å². The largest absolute Gasteiger partial charge is 0.382 e. The van der Waals surface area contributed by atoms with Crippen LogP contribution in [0.25, 0.3) is 5.65 Å². The molecular formula is C13H18N6O. The minimum Gasteiger partial charge on any atom is -0.382 e. The van der Waals surface area contributed by atoms with Crippen molar-refractivity contribution >= 4 is 23.2 Å². The minimum absolute atomic E-state index is 0.123. The topological polar surface area (TPSA) is 79.8 Å². The van der Waals surface area contributed by atoms with Gasteiger partial charge < -0.3 is 19.9 Å². The van der Waals surface area contributed by atoms with Crippen LogP contribution in [0.2, 0.25) is 0 Å². The van der Waals surface area contributed by atoms with Gasteiger partial charge in [0, 0.05) is 45.5 Å². The fourth-order valence-corrected chi connectivity index (χ4v) is 2.59. The molecule has 2 aromatic rings. The molecule has 3 rings (SSSR count). The first kappa shape index (κ1) is 12.7. The van der Waals surface area contributed by atoms with Crippen LogP contribution >= 0.6 is 0 Å². The van der Waals surface area contributed by atoms with Crippen LogP contribution in [0.4, 0.5) is 11.6 Å². The van der Waals surface area contributed by atoms with Gasteiger partial charge in [-0.25, -0.2) is 9.97 Å². The number of nitrogen functional groups attached to an aromatic ring is 1. The first-order valence-corrected chi connectivity index (χ1v) is 6.75. The van der Waals surface area contributed by atoms with Crippen LogP contribution in [0.1, 0.15) is 13.3 Å². The number of anilines is 2. The van der Waals surface area contributed by atoms with Gasteiger partial charge in [0.1, 0.15) is 5.82 Å². The maximum absolute atomic E-state index is 11.5. The first-order chi connectivity index (χ1) is 9.65. The first-order valence-electron chi connectivity index (χ1n) is 6.75. The van der Waals surface area contributed by atoms with Crippen molar-refractivity contribution in [2.24, 2.45) is 0 Å². The third-order valence-corrected chi connectivity index (χ3v) is 3.62. The van der Waals surface area contributed by atoms with Gasteiger partial charge in [-0.15, -0.1) is 0 Å². The van der Waals surface area contributed by atoms with Gasteiger partial charge in [-0.3, -0.25) is 4.79 Å². The molecule has 0 spiro atoms. The zero-order valence-corrected chi connectivity index (χ0v) is 11.5. The fraction of sp³-hybridized carbons (Fsp3) is 0.462. The van der Waals surface area contributed by atoms with E-state index in [4.69, 9.17) is 5.73 Å². The lowest BCUT2D eigenvalue weighted by molar-refractivity contribution is -0.128. The van der Waals surface area contributed by atoms with Crippen LogP contribution in [0.5, 0.6) is 0 Å².